The first-order valence-corrected chi connectivity index (χ1v) is 9.67. The molecule has 4 aromatic rings. The first kappa shape index (κ1) is 15.6. The van der Waals surface area contributed by atoms with Crippen molar-refractivity contribution < 1.29 is 4.79 Å². The first-order valence-electron chi connectivity index (χ1n) is 7.94. The van der Waals surface area contributed by atoms with Crippen molar-refractivity contribution in [2.75, 3.05) is 6.54 Å². The Labute approximate surface area is 160 Å². The molecule has 0 saturated heterocycles. The second kappa shape index (κ2) is 5.99. The molecule has 1 aliphatic heterocycles. The second-order valence-corrected chi connectivity index (χ2v) is 7.63. The molecule has 0 radical (unpaired) electrons. The SMILES string of the molecule is O=C(c1cc2ncc(Br)cn2n1)N1CCn2c(nnc2-c2ccsc2)C1. The summed E-state index contributed by atoms with van der Waals surface area (Å²) in [5.74, 6) is 1.52. The van der Waals surface area contributed by atoms with Gasteiger partial charge in [0.2, 0.25) is 0 Å². The minimum absolute atomic E-state index is 0.127. The molecule has 1 aliphatic rings. The number of hydrogen-bond donors (Lipinski definition) is 0. The Morgan fingerprint density at radius 2 is 2.19 bits per heavy atom. The second-order valence-electron chi connectivity index (χ2n) is 5.93. The van der Waals surface area contributed by atoms with E-state index in [1.54, 1.807) is 39.2 Å². The summed E-state index contributed by atoms with van der Waals surface area (Å²) in [6.07, 6.45) is 3.46. The number of aromatic nitrogens is 6. The molecule has 10 heteroatoms. The predicted octanol–water partition coefficient (Wildman–Crippen LogP) is 2.47. The summed E-state index contributed by atoms with van der Waals surface area (Å²) in [6.45, 7) is 1.67. The zero-order chi connectivity index (χ0) is 17.7. The van der Waals surface area contributed by atoms with Crippen LogP contribution in [0.5, 0.6) is 0 Å². The van der Waals surface area contributed by atoms with Crippen LogP contribution in [0.1, 0.15) is 16.3 Å². The van der Waals surface area contributed by atoms with Crippen molar-refractivity contribution in [3.63, 3.8) is 0 Å². The Kier molecular flexibility index (Phi) is 3.61. The molecule has 26 heavy (non-hydrogen) atoms. The third-order valence-corrected chi connectivity index (χ3v) is 5.41. The number of carbonyl (C=O) groups is 1. The van der Waals surface area contributed by atoms with Gasteiger partial charge in [-0.1, -0.05) is 0 Å². The number of fused-ring (bicyclic) bond motifs is 2. The van der Waals surface area contributed by atoms with Gasteiger partial charge in [0.1, 0.15) is 0 Å². The molecule has 130 valence electrons. The van der Waals surface area contributed by atoms with Gasteiger partial charge in [0, 0.05) is 42.5 Å². The maximum Gasteiger partial charge on any atom is 0.274 e. The van der Waals surface area contributed by atoms with E-state index in [2.05, 4.69) is 46.2 Å². The molecule has 0 spiro atoms. The lowest BCUT2D eigenvalue weighted by Crippen LogP contribution is -2.38. The molecule has 4 aromatic heterocycles. The molecule has 1 amide bonds. The highest BCUT2D eigenvalue weighted by Crippen LogP contribution is 2.24. The van der Waals surface area contributed by atoms with E-state index in [0.717, 1.165) is 21.7 Å². The Morgan fingerprint density at radius 3 is 3.04 bits per heavy atom. The smallest absolute Gasteiger partial charge is 0.274 e. The van der Waals surface area contributed by atoms with Crippen LogP contribution in [0.4, 0.5) is 0 Å². The predicted molar refractivity (Wildman–Crippen MR) is 98.8 cm³/mol. The van der Waals surface area contributed by atoms with Crippen LogP contribution in [-0.2, 0) is 13.1 Å². The topological polar surface area (TPSA) is 81.2 Å². The van der Waals surface area contributed by atoms with E-state index in [9.17, 15) is 4.79 Å². The Morgan fingerprint density at radius 1 is 1.27 bits per heavy atom. The van der Waals surface area contributed by atoms with Crippen LogP contribution in [0.3, 0.4) is 0 Å². The molecule has 5 heterocycles. The number of amides is 1. The molecular weight excluding hydrogens is 418 g/mol. The Bertz CT molecular complexity index is 1120. The van der Waals surface area contributed by atoms with Gasteiger partial charge in [-0.2, -0.15) is 16.4 Å². The van der Waals surface area contributed by atoms with E-state index in [1.165, 1.54) is 0 Å². The number of thiophene rings is 1. The summed E-state index contributed by atoms with van der Waals surface area (Å²) in [5.41, 5.74) is 2.07. The molecule has 8 nitrogen and oxygen atoms in total. The van der Waals surface area contributed by atoms with E-state index in [0.29, 0.717) is 31.0 Å². The van der Waals surface area contributed by atoms with Crippen molar-refractivity contribution in [2.24, 2.45) is 0 Å². The number of halogens is 1. The fourth-order valence-corrected chi connectivity index (χ4v) is 3.99. The van der Waals surface area contributed by atoms with Gasteiger partial charge in [-0.05, 0) is 27.4 Å². The van der Waals surface area contributed by atoms with Crippen molar-refractivity contribution in [1.82, 2.24) is 34.3 Å². The zero-order valence-electron chi connectivity index (χ0n) is 13.4. The van der Waals surface area contributed by atoms with Crippen LogP contribution >= 0.6 is 27.3 Å². The fraction of sp³-hybridized carbons (Fsp3) is 0.188. The number of carbonyl (C=O) groups excluding carboxylic acids is 1. The Hall–Kier alpha value is -2.59. The standard InChI is InChI=1S/C16H12BrN7OS/c17-11-6-18-13-5-12(21-24(13)7-11)16(25)22-2-3-23-14(8-22)19-20-15(23)10-1-4-26-9-10/h1,4-7,9H,2-3,8H2. The minimum atomic E-state index is -0.127. The van der Waals surface area contributed by atoms with Gasteiger partial charge in [0.25, 0.3) is 5.91 Å². The lowest BCUT2D eigenvalue weighted by molar-refractivity contribution is 0.0701. The fourth-order valence-electron chi connectivity index (χ4n) is 3.06. The Balaban J connectivity index is 1.42. The third-order valence-electron chi connectivity index (χ3n) is 4.32. The quantitative estimate of drug-likeness (QED) is 0.488. The number of nitrogens with zero attached hydrogens (tertiary/aromatic N) is 7. The highest BCUT2D eigenvalue weighted by atomic mass is 79.9. The van der Waals surface area contributed by atoms with Gasteiger partial charge >= 0.3 is 0 Å². The molecule has 0 N–H and O–H groups in total. The van der Waals surface area contributed by atoms with Gasteiger partial charge in [0.05, 0.1) is 11.0 Å². The van der Waals surface area contributed by atoms with E-state index < -0.39 is 0 Å². The summed E-state index contributed by atoms with van der Waals surface area (Å²) >= 11 is 4.98. The van der Waals surface area contributed by atoms with Crippen LogP contribution in [0.15, 0.2) is 39.8 Å². The van der Waals surface area contributed by atoms with E-state index in [4.69, 9.17) is 0 Å². The zero-order valence-corrected chi connectivity index (χ0v) is 15.8. The molecule has 0 fully saturated rings. The third kappa shape index (κ3) is 2.53. The van der Waals surface area contributed by atoms with Crippen molar-refractivity contribution in [3.05, 3.63) is 51.3 Å². The molecular formula is C16H12BrN7OS. The van der Waals surface area contributed by atoms with Crippen LogP contribution in [0, 0.1) is 0 Å². The number of rotatable bonds is 2. The van der Waals surface area contributed by atoms with Crippen LogP contribution < -0.4 is 0 Å². The van der Waals surface area contributed by atoms with Crippen molar-refractivity contribution in [3.8, 4) is 11.4 Å². The molecule has 0 saturated carbocycles. The van der Waals surface area contributed by atoms with Gasteiger partial charge in [-0.15, -0.1) is 10.2 Å². The minimum Gasteiger partial charge on any atom is -0.328 e. The van der Waals surface area contributed by atoms with Gasteiger partial charge in [0.15, 0.2) is 23.0 Å². The summed E-state index contributed by atoms with van der Waals surface area (Å²) in [7, 11) is 0. The van der Waals surface area contributed by atoms with Crippen LogP contribution in [0.2, 0.25) is 0 Å². The molecule has 0 aromatic carbocycles. The summed E-state index contributed by atoms with van der Waals surface area (Å²) in [6, 6.07) is 3.73. The summed E-state index contributed by atoms with van der Waals surface area (Å²) in [4.78, 5) is 18.9. The van der Waals surface area contributed by atoms with Crippen molar-refractivity contribution in [2.45, 2.75) is 13.1 Å². The highest BCUT2D eigenvalue weighted by molar-refractivity contribution is 9.10. The molecule has 0 aliphatic carbocycles. The van der Waals surface area contributed by atoms with Crippen molar-refractivity contribution >= 4 is 38.8 Å². The lowest BCUT2D eigenvalue weighted by Gasteiger charge is -2.27. The maximum absolute atomic E-state index is 12.9. The van der Waals surface area contributed by atoms with Crippen LogP contribution in [0.25, 0.3) is 17.0 Å². The molecule has 0 atom stereocenters. The summed E-state index contributed by atoms with van der Waals surface area (Å²) < 4.78 is 4.48. The van der Waals surface area contributed by atoms with Crippen LogP contribution in [-0.4, -0.2) is 46.7 Å². The molecule has 0 unspecified atom stereocenters. The molecule has 5 rings (SSSR count). The number of hydrogen-bond acceptors (Lipinski definition) is 6. The monoisotopic (exact) mass is 429 g/mol. The first-order chi connectivity index (χ1) is 12.7. The highest BCUT2D eigenvalue weighted by Gasteiger charge is 2.27. The van der Waals surface area contributed by atoms with Crippen molar-refractivity contribution in [1.29, 1.82) is 0 Å². The average molecular weight is 430 g/mol. The maximum atomic E-state index is 12.9. The average Bonchev–Trinajstić information content (AvgIpc) is 3.38. The summed E-state index contributed by atoms with van der Waals surface area (Å²) in [5, 5.41) is 17.0. The van der Waals surface area contributed by atoms with E-state index >= 15 is 0 Å². The van der Waals surface area contributed by atoms with E-state index in [1.807, 2.05) is 11.4 Å². The van der Waals surface area contributed by atoms with Gasteiger partial charge in [-0.3, -0.25) is 4.79 Å². The lowest BCUT2D eigenvalue weighted by atomic mass is 10.2. The normalized spacial score (nSPS) is 14.0. The molecule has 0 bridgehead atoms. The van der Waals surface area contributed by atoms with E-state index in [-0.39, 0.29) is 5.91 Å². The largest absolute Gasteiger partial charge is 0.328 e. The van der Waals surface area contributed by atoms with Gasteiger partial charge in [-0.25, -0.2) is 9.50 Å². The van der Waals surface area contributed by atoms with Gasteiger partial charge < -0.3 is 9.47 Å².